The highest BCUT2D eigenvalue weighted by molar-refractivity contribution is 7.71. The largest absolute Gasteiger partial charge is 0.376 e. The van der Waals surface area contributed by atoms with E-state index in [4.69, 9.17) is 21.9 Å². The lowest BCUT2D eigenvalue weighted by Gasteiger charge is -2.26. The van der Waals surface area contributed by atoms with Crippen molar-refractivity contribution in [2.24, 2.45) is 0 Å². The average Bonchev–Trinajstić information content (AvgIpc) is 3.10. The summed E-state index contributed by atoms with van der Waals surface area (Å²) in [7, 11) is 0. The van der Waals surface area contributed by atoms with E-state index in [1.54, 1.807) is 0 Å². The van der Waals surface area contributed by atoms with Gasteiger partial charge in [-0.2, -0.15) is 0 Å². The topological polar surface area (TPSA) is 27.1 Å². The molecule has 4 heteroatoms. The molecule has 1 unspecified atom stereocenters. The highest BCUT2D eigenvalue weighted by atomic mass is 32.1. The first-order valence-electron chi connectivity index (χ1n) is 9.03. The Balaban J connectivity index is 1.87. The van der Waals surface area contributed by atoms with Gasteiger partial charge in [-0.25, -0.2) is 4.98 Å². The van der Waals surface area contributed by atoms with Crippen molar-refractivity contribution in [3.8, 4) is 11.4 Å². The van der Waals surface area contributed by atoms with Gasteiger partial charge < -0.3 is 9.30 Å². The normalized spacial score (nSPS) is 20.1. The van der Waals surface area contributed by atoms with Gasteiger partial charge in [0.05, 0.1) is 12.6 Å². The summed E-state index contributed by atoms with van der Waals surface area (Å²) in [6, 6.07) is 8.58. The maximum absolute atomic E-state index is 5.92. The summed E-state index contributed by atoms with van der Waals surface area (Å²) < 4.78 is 9.13. The second-order valence-electron chi connectivity index (χ2n) is 6.99. The molecule has 3 nitrogen and oxygen atoms in total. The molecular formula is C20H24N2OS. The van der Waals surface area contributed by atoms with Crippen LogP contribution in [0, 0.1) is 11.6 Å². The predicted molar refractivity (Wildman–Crippen MR) is 98.9 cm³/mol. The lowest BCUT2D eigenvalue weighted by atomic mass is 9.96. The van der Waals surface area contributed by atoms with Crippen molar-refractivity contribution < 1.29 is 4.74 Å². The molecule has 1 aliphatic heterocycles. The zero-order valence-electron chi connectivity index (χ0n) is 14.3. The second kappa shape index (κ2) is 6.77. The monoisotopic (exact) mass is 340 g/mol. The molecule has 4 rings (SSSR count). The number of aromatic nitrogens is 2. The molecule has 1 aromatic heterocycles. The Kier molecular flexibility index (Phi) is 4.51. The number of benzene rings is 1. The Hall–Kier alpha value is -1.52. The van der Waals surface area contributed by atoms with Gasteiger partial charge in [-0.05, 0) is 51.5 Å². The third-order valence-corrected chi connectivity index (χ3v) is 5.51. The summed E-state index contributed by atoms with van der Waals surface area (Å²) in [6.07, 6.45) is 7.26. The highest BCUT2D eigenvalue weighted by Gasteiger charge is 2.23. The fourth-order valence-corrected chi connectivity index (χ4v) is 4.27. The summed E-state index contributed by atoms with van der Waals surface area (Å²) in [5.41, 5.74) is 5.10. The van der Waals surface area contributed by atoms with Gasteiger partial charge in [0.25, 0.3) is 0 Å². The molecule has 126 valence electrons. The van der Waals surface area contributed by atoms with Crippen molar-refractivity contribution >= 4 is 12.2 Å². The standard InChI is InChI=1S/C20H24N2OS/c1-14-6-4-7-15(12-14)19-21-20(24)17-9-2-3-10-18(17)22(19)13-16-8-5-11-23-16/h4,6-7,12,16H,2-3,5,8-11,13H2,1H3. The number of aryl methyl sites for hydroxylation is 1. The van der Waals surface area contributed by atoms with Crippen LogP contribution in [0.25, 0.3) is 11.4 Å². The van der Waals surface area contributed by atoms with E-state index in [2.05, 4.69) is 35.8 Å². The minimum atomic E-state index is 0.308. The molecule has 0 spiro atoms. The van der Waals surface area contributed by atoms with Crippen molar-refractivity contribution in [3.63, 3.8) is 0 Å². The lowest BCUT2D eigenvalue weighted by molar-refractivity contribution is 0.0961. The molecule has 1 saturated heterocycles. The van der Waals surface area contributed by atoms with E-state index in [0.717, 1.165) is 48.4 Å². The summed E-state index contributed by atoms with van der Waals surface area (Å²) in [4.78, 5) is 4.86. The van der Waals surface area contributed by atoms with Gasteiger partial charge in [0.1, 0.15) is 10.5 Å². The molecule has 2 aliphatic rings. The summed E-state index contributed by atoms with van der Waals surface area (Å²) in [6.45, 7) is 3.91. The van der Waals surface area contributed by atoms with Crippen LogP contribution >= 0.6 is 12.2 Å². The zero-order valence-corrected chi connectivity index (χ0v) is 15.1. The van der Waals surface area contributed by atoms with Crippen molar-refractivity contribution in [3.05, 3.63) is 45.7 Å². The summed E-state index contributed by atoms with van der Waals surface area (Å²) >= 11 is 5.65. The van der Waals surface area contributed by atoms with Crippen LogP contribution in [0.4, 0.5) is 0 Å². The maximum atomic E-state index is 5.92. The van der Waals surface area contributed by atoms with Crippen LogP contribution < -0.4 is 0 Å². The Morgan fingerprint density at radius 2 is 2.12 bits per heavy atom. The first kappa shape index (κ1) is 16.0. The van der Waals surface area contributed by atoms with Crippen molar-refractivity contribution in [2.45, 2.75) is 58.1 Å². The lowest BCUT2D eigenvalue weighted by Crippen LogP contribution is -2.24. The summed E-state index contributed by atoms with van der Waals surface area (Å²) in [5, 5.41) is 0. The molecule has 24 heavy (non-hydrogen) atoms. The van der Waals surface area contributed by atoms with Gasteiger partial charge in [0.15, 0.2) is 0 Å². The smallest absolute Gasteiger partial charge is 0.141 e. The SMILES string of the molecule is Cc1cccc(-c2nc(=S)c3c(n2CC2CCCO2)CCCC3)c1. The molecule has 0 saturated carbocycles. The number of rotatable bonds is 3. The minimum absolute atomic E-state index is 0.308. The van der Waals surface area contributed by atoms with Crippen molar-refractivity contribution in [2.75, 3.05) is 6.61 Å². The van der Waals surface area contributed by atoms with Gasteiger partial charge in [-0.3, -0.25) is 0 Å². The van der Waals surface area contributed by atoms with E-state index >= 15 is 0 Å². The predicted octanol–water partition coefficient (Wildman–Crippen LogP) is 4.65. The third kappa shape index (κ3) is 3.05. The summed E-state index contributed by atoms with van der Waals surface area (Å²) in [5.74, 6) is 1.01. The van der Waals surface area contributed by atoms with Crippen LogP contribution in [-0.4, -0.2) is 22.3 Å². The van der Waals surface area contributed by atoms with Gasteiger partial charge in [-0.1, -0.05) is 36.0 Å². The Morgan fingerprint density at radius 3 is 2.92 bits per heavy atom. The zero-order chi connectivity index (χ0) is 16.5. The molecule has 2 aromatic rings. The minimum Gasteiger partial charge on any atom is -0.376 e. The van der Waals surface area contributed by atoms with Crippen molar-refractivity contribution in [1.82, 2.24) is 9.55 Å². The van der Waals surface area contributed by atoms with Crippen molar-refractivity contribution in [1.29, 1.82) is 0 Å². The number of hydrogen-bond acceptors (Lipinski definition) is 3. The molecule has 0 radical (unpaired) electrons. The third-order valence-electron chi connectivity index (χ3n) is 5.17. The number of ether oxygens (including phenoxy) is 1. The van der Waals surface area contributed by atoms with E-state index in [-0.39, 0.29) is 0 Å². The first-order valence-corrected chi connectivity index (χ1v) is 9.44. The number of fused-ring (bicyclic) bond motifs is 1. The molecule has 1 aliphatic carbocycles. The Labute approximate surface area is 148 Å². The quantitative estimate of drug-likeness (QED) is 0.761. The molecule has 0 N–H and O–H groups in total. The van der Waals surface area contributed by atoms with E-state index in [1.165, 1.54) is 36.1 Å². The Morgan fingerprint density at radius 1 is 1.25 bits per heavy atom. The van der Waals surface area contributed by atoms with E-state index < -0.39 is 0 Å². The van der Waals surface area contributed by atoms with Gasteiger partial charge >= 0.3 is 0 Å². The molecule has 2 heterocycles. The molecule has 1 atom stereocenters. The molecule has 1 fully saturated rings. The van der Waals surface area contributed by atoms with Gasteiger partial charge in [0, 0.05) is 23.4 Å². The fourth-order valence-electron chi connectivity index (χ4n) is 3.96. The Bertz CT molecular complexity index is 806. The average molecular weight is 340 g/mol. The van der Waals surface area contributed by atoms with Crippen LogP contribution in [0.3, 0.4) is 0 Å². The first-order chi connectivity index (χ1) is 11.7. The number of hydrogen-bond donors (Lipinski definition) is 0. The molecule has 0 bridgehead atoms. The number of nitrogens with zero attached hydrogens (tertiary/aromatic N) is 2. The van der Waals surface area contributed by atoms with Crippen LogP contribution in [0.15, 0.2) is 24.3 Å². The van der Waals surface area contributed by atoms with Gasteiger partial charge in [0.2, 0.25) is 0 Å². The van der Waals surface area contributed by atoms with Crippen LogP contribution in [-0.2, 0) is 24.1 Å². The maximum Gasteiger partial charge on any atom is 0.141 e. The fraction of sp³-hybridized carbons (Fsp3) is 0.500. The van der Waals surface area contributed by atoms with Crippen LogP contribution in [0.1, 0.15) is 42.5 Å². The molecular weight excluding hydrogens is 316 g/mol. The second-order valence-corrected chi connectivity index (χ2v) is 7.37. The van der Waals surface area contributed by atoms with E-state index in [0.29, 0.717) is 6.10 Å². The molecule has 0 amide bonds. The van der Waals surface area contributed by atoms with Crippen LogP contribution in [0.5, 0.6) is 0 Å². The molecule has 1 aromatic carbocycles. The van der Waals surface area contributed by atoms with E-state index in [1.807, 2.05) is 0 Å². The van der Waals surface area contributed by atoms with Crippen LogP contribution in [0.2, 0.25) is 0 Å². The highest BCUT2D eigenvalue weighted by Crippen LogP contribution is 2.29. The van der Waals surface area contributed by atoms with E-state index in [9.17, 15) is 0 Å². The van der Waals surface area contributed by atoms with Gasteiger partial charge in [-0.15, -0.1) is 0 Å².